The number of hydrogen-bond donors (Lipinski definition) is 1. The first kappa shape index (κ1) is 10.8. The first-order valence-electron chi connectivity index (χ1n) is 4.06. The van der Waals surface area contributed by atoms with Crippen molar-refractivity contribution in [3.8, 4) is 6.07 Å². The van der Waals surface area contributed by atoms with Gasteiger partial charge in [0.2, 0.25) is 0 Å². The van der Waals surface area contributed by atoms with Gasteiger partial charge in [0.25, 0.3) is 5.56 Å². The Morgan fingerprint density at radius 1 is 1.64 bits per heavy atom. The van der Waals surface area contributed by atoms with Crippen LogP contribution in [0.15, 0.2) is 11.0 Å². The Balaban J connectivity index is 3.24. The predicted molar refractivity (Wildman–Crippen MR) is 56.1 cm³/mol. The van der Waals surface area contributed by atoms with E-state index in [1.54, 1.807) is 17.8 Å². The van der Waals surface area contributed by atoms with Crippen molar-refractivity contribution >= 4 is 11.8 Å². The molecule has 1 rings (SSSR count). The number of rotatable bonds is 2. The summed E-state index contributed by atoms with van der Waals surface area (Å²) in [6.07, 6.45) is 3.25. The van der Waals surface area contributed by atoms with E-state index in [0.29, 0.717) is 5.82 Å². The van der Waals surface area contributed by atoms with E-state index in [-0.39, 0.29) is 15.9 Å². The number of hydrogen-bond acceptors (Lipinski definition) is 4. The number of H-pyrrole nitrogens is 1. The molecule has 0 radical (unpaired) electrons. The predicted octanol–water partition coefficient (Wildman–Crippen LogP) is 1.24. The molecule has 1 N–H and O–H groups in total. The zero-order valence-corrected chi connectivity index (χ0v) is 9.10. The molecule has 0 aliphatic carbocycles. The second kappa shape index (κ2) is 3.84. The summed E-state index contributed by atoms with van der Waals surface area (Å²) in [5.41, 5.74) is -0.328. The molecule has 0 aliphatic rings. The minimum atomic E-state index is -0.375. The Bertz CT molecular complexity index is 430. The molecule has 14 heavy (non-hydrogen) atoms. The maximum absolute atomic E-state index is 11.3. The van der Waals surface area contributed by atoms with Gasteiger partial charge in [-0.2, -0.15) is 17.0 Å². The maximum Gasteiger partial charge on any atom is 0.268 e. The largest absolute Gasteiger partial charge is 0.308 e. The third-order valence-corrected chi connectivity index (χ3v) is 3.21. The highest BCUT2D eigenvalue weighted by atomic mass is 32.2. The molecule has 0 saturated heterocycles. The van der Waals surface area contributed by atoms with Crippen LogP contribution in [0.3, 0.4) is 0 Å². The van der Waals surface area contributed by atoms with Crippen LogP contribution in [-0.4, -0.2) is 16.2 Å². The Labute approximate surface area is 86.4 Å². The van der Waals surface area contributed by atoms with Gasteiger partial charge in [-0.05, 0) is 20.1 Å². The van der Waals surface area contributed by atoms with Crippen LogP contribution in [0.5, 0.6) is 0 Å². The Hall–Kier alpha value is -1.28. The monoisotopic (exact) mass is 209 g/mol. The average Bonchev–Trinajstić information content (AvgIpc) is 2.17. The van der Waals surface area contributed by atoms with Gasteiger partial charge in [-0.15, -0.1) is 0 Å². The average molecular weight is 209 g/mol. The molecule has 0 aliphatic heterocycles. The summed E-state index contributed by atoms with van der Waals surface area (Å²) in [6, 6.07) is 1.78. The highest BCUT2D eigenvalue weighted by Gasteiger charge is 2.22. The summed E-state index contributed by atoms with van der Waals surface area (Å²) in [4.78, 5) is 18.0. The van der Waals surface area contributed by atoms with Crippen LogP contribution in [0, 0.1) is 11.3 Å². The molecule has 0 amide bonds. The summed E-state index contributed by atoms with van der Waals surface area (Å²) < 4.78 is -0.243. The van der Waals surface area contributed by atoms with Crippen molar-refractivity contribution < 1.29 is 0 Å². The molecule has 1 heterocycles. The number of nitrogens with zero attached hydrogens (tertiary/aromatic N) is 2. The van der Waals surface area contributed by atoms with Gasteiger partial charge in [-0.1, -0.05) is 0 Å². The molecule has 0 aromatic carbocycles. The van der Waals surface area contributed by atoms with Crippen molar-refractivity contribution in [2.24, 2.45) is 0 Å². The third kappa shape index (κ3) is 1.96. The summed E-state index contributed by atoms with van der Waals surface area (Å²) in [7, 11) is 0. The fourth-order valence-corrected chi connectivity index (χ4v) is 1.17. The maximum atomic E-state index is 11.3. The highest BCUT2D eigenvalue weighted by Crippen LogP contribution is 2.29. The van der Waals surface area contributed by atoms with Crippen molar-refractivity contribution in [1.29, 1.82) is 5.26 Å². The molecular weight excluding hydrogens is 198 g/mol. The van der Waals surface area contributed by atoms with E-state index in [1.807, 2.05) is 20.1 Å². The first-order valence-corrected chi connectivity index (χ1v) is 5.29. The minimum absolute atomic E-state index is 0.0469. The second-order valence-corrected chi connectivity index (χ2v) is 4.73. The number of aromatic nitrogens is 2. The van der Waals surface area contributed by atoms with E-state index in [9.17, 15) is 4.79 Å². The number of thioether (sulfide) groups is 1. The van der Waals surface area contributed by atoms with Crippen LogP contribution in [0.25, 0.3) is 0 Å². The molecular formula is C9H11N3OS. The zero-order chi connectivity index (χ0) is 10.8. The van der Waals surface area contributed by atoms with Crippen molar-refractivity contribution in [3.63, 3.8) is 0 Å². The van der Waals surface area contributed by atoms with Gasteiger partial charge in [-0.3, -0.25) is 4.79 Å². The van der Waals surface area contributed by atoms with Crippen molar-refractivity contribution in [3.05, 3.63) is 27.9 Å². The quantitative estimate of drug-likeness (QED) is 0.795. The molecule has 0 spiro atoms. The van der Waals surface area contributed by atoms with Crippen molar-refractivity contribution in [1.82, 2.24) is 9.97 Å². The summed E-state index contributed by atoms with van der Waals surface area (Å²) >= 11 is 1.59. The Morgan fingerprint density at radius 2 is 2.29 bits per heavy atom. The molecule has 5 heteroatoms. The molecule has 1 aromatic heterocycles. The number of nitriles is 1. The van der Waals surface area contributed by atoms with E-state index in [4.69, 9.17) is 5.26 Å². The summed E-state index contributed by atoms with van der Waals surface area (Å²) in [5.74, 6) is 0.592. The van der Waals surface area contributed by atoms with E-state index >= 15 is 0 Å². The van der Waals surface area contributed by atoms with Gasteiger partial charge in [0.1, 0.15) is 17.5 Å². The molecule has 0 fully saturated rings. The van der Waals surface area contributed by atoms with Crippen LogP contribution in [0.4, 0.5) is 0 Å². The molecule has 0 unspecified atom stereocenters. The van der Waals surface area contributed by atoms with Crippen molar-refractivity contribution in [2.45, 2.75) is 18.6 Å². The van der Waals surface area contributed by atoms with Gasteiger partial charge in [-0.25, -0.2) is 4.98 Å². The Kier molecular flexibility index (Phi) is 2.96. The standard InChI is InChI=1S/C9H11N3OS/c1-9(2,14-3)8-11-5-6(4-10)7(13)12-8/h5H,1-3H3,(H,11,12,13). The van der Waals surface area contributed by atoms with Gasteiger partial charge < -0.3 is 4.98 Å². The van der Waals surface area contributed by atoms with Gasteiger partial charge in [0.05, 0.1) is 10.9 Å². The number of nitrogens with one attached hydrogen (secondary N) is 1. The lowest BCUT2D eigenvalue weighted by molar-refractivity contribution is 0.702. The van der Waals surface area contributed by atoms with E-state index in [2.05, 4.69) is 9.97 Å². The highest BCUT2D eigenvalue weighted by molar-refractivity contribution is 7.99. The van der Waals surface area contributed by atoms with Crippen LogP contribution < -0.4 is 5.56 Å². The van der Waals surface area contributed by atoms with Crippen LogP contribution in [-0.2, 0) is 4.75 Å². The molecule has 0 atom stereocenters. The second-order valence-electron chi connectivity index (χ2n) is 3.30. The molecule has 74 valence electrons. The molecule has 0 bridgehead atoms. The van der Waals surface area contributed by atoms with Crippen LogP contribution >= 0.6 is 11.8 Å². The van der Waals surface area contributed by atoms with Gasteiger partial charge in [0.15, 0.2) is 0 Å². The molecule has 0 saturated carbocycles. The van der Waals surface area contributed by atoms with Gasteiger partial charge >= 0.3 is 0 Å². The fraction of sp³-hybridized carbons (Fsp3) is 0.444. The smallest absolute Gasteiger partial charge is 0.268 e. The lowest BCUT2D eigenvalue weighted by Gasteiger charge is -2.19. The summed E-state index contributed by atoms with van der Waals surface area (Å²) in [5, 5.41) is 8.55. The van der Waals surface area contributed by atoms with Crippen molar-refractivity contribution in [2.75, 3.05) is 6.26 Å². The zero-order valence-electron chi connectivity index (χ0n) is 8.29. The van der Waals surface area contributed by atoms with Crippen LogP contribution in [0.2, 0.25) is 0 Å². The SMILES string of the molecule is CSC(C)(C)c1ncc(C#N)c(=O)[nH]1. The fourth-order valence-electron chi connectivity index (χ4n) is 0.877. The van der Waals surface area contributed by atoms with Crippen LogP contribution in [0.1, 0.15) is 25.2 Å². The normalized spacial score (nSPS) is 11.0. The molecule has 4 nitrogen and oxygen atoms in total. The molecule has 1 aromatic rings. The van der Waals surface area contributed by atoms with E-state index in [0.717, 1.165) is 0 Å². The Morgan fingerprint density at radius 3 is 2.71 bits per heavy atom. The number of aromatic amines is 1. The lowest BCUT2D eigenvalue weighted by Crippen LogP contribution is -2.22. The minimum Gasteiger partial charge on any atom is -0.308 e. The van der Waals surface area contributed by atoms with E-state index < -0.39 is 0 Å². The van der Waals surface area contributed by atoms with E-state index in [1.165, 1.54) is 6.20 Å². The topological polar surface area (TPSA) is 69.5 Å². The lowest BCUT2D eigenvalue weighted by atomic mass is 10.2. The van der Waals surface area contributed by atoms with Gasteiger partial charge in [0, 0.05) is 0 Å². The summed E-state index contributed by atoms with van der Waals surface area (Å²) in [6.45, 7) is 3.92. The first-order chi connectivity index (χ1) is 6.51. The third-order valence-electron chi connectivity index (χ3n) is 2.00.